The summed E-state index contributed by atoms with van der Waals surface area (Å²) in [6.07, 6.45) is 0.718. The lowest BCUT2D eigenvalue weighted by molar-refractivity contribution is 0.0295. The van der Waals surface area contributed by atoms with E-state index < -0.39 is 5.60 Å². The lowest BCUT2D eigenvalue weighted by atomic mass is 10.00. The van der Waals surface area contributed by atoms with Gasteiger partial charge in [0.15, 0.2) is 0 Å². The molecule has 4 nitrogen and oxygen atoms in total. The Balaban J connectivity index is 2.06. The molecule has 2 rings (SSSR count). The number of hydrogen-bond acceptors (Lipinski definition) is 4. The Bertz CT molecular complexity index is 607. The van der Waals surface area contributed by atoms with Gasteiger partial charge in [-0.05, 0) is 50.1 Å². The molecule has 0 aliphatic rings. The highest BCUT2D eigenvalue weighted by atomic mass is 19.1. The van der Waals surface area contributed by atoms with E-state index in [1.165, 1.54) is 12.1 Å². The van der Waals surface area contributed by atoms with Crippen molar-refractivity contribution < 1.29 is 18.7 Å². The molecule has 0 radical (unpaired) electrons. The van der Waals surface area contributed by atoms with Gasteiger partial charge < -0.3 is 19.6 Å². The molecule has 2 aromatic rings. The van der Waals surface area contributed by atoms with Crippen molar-refractivity contribution in [2.75, 3.05) is 20.3 Å². The highest BCUT2D eigenvalue weighted by Crippen LogP contribution is 2.24. The first-order valence-corrected chi connectivity index (χ1v) is 7.69. The maximum Gasteiger partial charge on any atom is 0.136 e. The first kappa shape index (κ1) is 17.7. The molecular weight excluding hydrogens is 297 g/mol. The molecule has 0 saturated carbocycles. The standard InChI is InChI=1S/C18H24FNO3/c1-13-4-9-17(23-13)18(2,21)12-20-16(10-11-22-3)14-5-7-15(19)8-6-14/h4-9,16,20-21H,10-12H2,1-3H3. The predicted molar refractivity (Wildman–Crippen MR) is 86.7 cm³/mol. The van der Waals surface area contributed by atoms with E-state index in [0.717, 1.165) is 17.7 Å². The maximum atomic E-state index is 13.1. The summed E-state index contributed by atoms with van der Waals surface area (Å²) in [6.45, 7) is 4.42. The zero-order valence-electron chi connectivity index (χ0n) is 13.8. The van der Waals surface area contributed by atoms with Crippen molar-refractivity contribution in [1.29, 1.82) is 0 Å². The van der Waals surface area contributed by atoms with E-state index in [4.69, 9.17) is 9.15 Å². The third-order valence-electron chi connectivity index (χ3n) is 3.85. The summed E-state index contributed by atoms with van der Waals surface area (Å²) in [7, 11) is 1.64. The normalized spacial score (nSPS) is 15.3. The van der Waals surface area contributed by atoms with Crippen LogP contribution in [0.15, 0.2) is 40.8 Å². The van der Waals surface area contributed by atoms with Crippen molar-refractivity contribution in [1.82, 2.24) is 5.32 Å². The Labute approximate surface area is 136 Å². The first-order valence-electron chi connectivity index (χ1n) is 7.69. The summed E-state index contributed by atoms with van der Waals surface area (Å²) >= 11 is 0. The summed E-state index contributed by atoms with van der Waals surface area (Å²) in [5.74, 6) is 1.01. The SMILES string of the molecule is COCCC(NCC(C)(O)c1ccc(C)o1)c1ccc(F)cc1. The van der Waals surface area contributed by atoms with E-state index in [9.17, 15) is 9.50 Å². The van der Waals surface area contributed by atoms with Crippen LogP contribution in [-0.4, -0.2) is 25.4 Å². The highest BCUT2D eigenvalue weighted by molar-refractivity contribution is 5.20. The molecule has 23 heavy (non-hydrogen) atoms. The van der Waals surface area contributed by atoms with E-state index in [0.29, 0.717) is 18.9 Å². The summed E-state index contributed by atoms with van der Waals surface area (Å²) < 4.78 is 23.8. The summed E-state index contributed by atoms with van der Waals surface area (Å²) in [6, 6.07) is 9.92. The van der Waals surface area contributed by atoms with Crippen LogP contribution in [0.3, 0.4) is 0 Å². The van der Waals surface area contributed by atoms with Crippen molar-refractivity contribution in [2.45, 2.75) is 31.9 Å². The number of hydrogen-bond donors (Lipinski definition) is 2. The number of nitrogens with one attached hydrogen (secondary N) is 1. The molecule has 0 aliphatic carbocycles. The van der Waals surface area contributed by atoms with E-state index in [1.807, 2.05) is 13.0 Å². The number of ether oxygens (including phenoxy) is 1. The molecule has 0 aliphatic heterocycles. The van der Waals surface area contributed by atoms with Crippen LogP contribution < -0.4 is 5.32 Å². The van der Waals surface area contributed by atoms with Crippen molar-refractivity contribution in [3.63, 3.8) is 0 Å². The van der Waals surface area contributed by atoms with Crippen LogP contribution in [0, 0.1) is 12.7 Å². The average Bonchev–Trinajstić information content (AvgIpc) is 2.96. The molecule has 0 amide bonds. The minimum absolute atomic E-state index is 0.0434. The lowest BCUT2D eigenvalue weighted by Gasteiger charge is -2.26. The number of aliphatic hydroxyl groups is 1. The van der Waals surface area contributed by atoms with Gasteiger partial charge in [0, 0.05) is 26.3 Å². The summed E-state index contributed by atoms with van der Waals surface area (Å²) in [5.41, 5.74) is -0.172. The molecule has 5 heteroatoms. The topological polar surface area (TPSA) is 54.6 Å². The zero-order chi connectivity index (χ0) is 16.9. The molecule has 126 valence electrons. The van der Waals surface area contributed by atoms with Gasteiger partial charge in [-0.1, -0.05) is 12.1 Å². The largest absolute Gasteiger partial charge is 0.463 e. The number of aryl methyl sites for hydroxylation is 1. The quantitative estimate of drug-likeness (QED) is 0.783. The highest BCUT2D eigenvalue weighted by Gasteiger charge is 2.28. The second-order valence-corrected chi connectivity index (χ2v) is 5.95. The van der Waals surface area contributed by atoms with E-state index in [2.05, 4.69) is 5.32 Å². The van der Waals surface area contributed by atoms with E-state index in [1.54, 1.807) is 32.2 Å². The molecule has 0 fully saturated rings. The molecule has 1 heterocycles. The summed E-state index contributed by atoms with van der Waals surface area (Å²) in [5, 5.41) is 13.9. The third kappa shape index (κ3) is 4.89. The van der Waals surface area contributed by atoms with Gasteiger partial charge in [0.25, 0.3) is 0 Å². The van der Waals surface area contributed by atoms with Gasteiger partial charge in [0.2, 0.25) is 0 Å². The van der Waals surface area contributed by atoms with Gasteiger partial charge in [-0.2, -0.15) is 0 Å². The first-order chi connectivity index (χ1) is 10.9. The second kappa shape index (κ2) is 7.73. The van der Waals surface area contributed by atoms with Crippen molar-refractivity contribution in [3.05, 3.63) is 59.3 Å². The summed E-state index contributed by atoms with van der Waals surface area (Å²) in [4.78, 5) is 0. The van der Waals surface area contributed by atoms with Crippen molar-refractivity contribution in [3.8, 4) is 0 Å². The molecule has 1 aromatic carbocycles. The monoisotopic (exact) mass is 321 g/mol. The van der Waals surface area contributed by atoms with Crippen molar-refractivity contribution in [2.24, 2.45) is 0 Å². The molecule has 0 saturated heterocycles. The molecule has 2 unspecified atom stereocenters. The molecule has 2 N–H and O–H groups in total. The number of rotatable bonds is 8. The van der Waals surface area contributed by atoms with E-state index in [-0.39, 0.29) is 11.9 Å². The Morgan fingerprint density at radius 1 is 1.26 bits per heavy atom. The van der Waals surface area contributed by atoms with Gasteiger partial charge in [0.05, 0.1) is 0 Å². The van der Waals surface area contributed by atoms with Gasteiger partial charge in [-0.3, -0.25) is 0 Å². The zero-order valence-corrected chi connectivity index (χ0v) is 13.8. The van der Waals surface area contributed by atoms with Gasteiger partial charge in [-0.15, -0.1) is 0 Å². The van der Waals surface area contributed by atoms with Crippen LogP contribution in [0.5, 0.6) is 0 Å². The van der Waals surface area contributed by atoms with Crippen LogP contribution in [0.1, 0.15) is 36.5 Å². The number of methoxy groups -OCH3 is 1. The van der Waals surface area contributed by atoms with Crippen molar-refractivity contribution >= 4 is 0 Å². The Morgan fingerprint density at radius 3 is 2.52 bits per heavy atom. The average molecular weight is 321 g/mol. The Morgan fingerprint density at radius 2 is 1.96 bits per heavy atom. The van der Waals surface area contributed by atoms with E-state index >= 15 is 0 Å². The molecule has 0 bridgehead atoms. The van der Waals surface area contributed by atoms with Crippen LogP contribution in [-0.2, 0) is 10.3 Å². The van der Waals surface area contributed by atoms with Crippen LogP contribution >= 0.6 is 0 Å². The van der Waals surface area contributed by atoms with Crippen LogP contribution in [0.25, 0.3) is 0 Å². The predicted octanol–water partition coefficient (Wildman–Crippen LogP) is 3.30. The fourth-order valence-corrected chi connectivity index (χ4v) is 2.45. The third-order valence-corrected chi connectivity index (χ3v) is 3.85. The van der Waals surface area contributed by atoms with Crippen LogP contribution in [0.4, 0.5) is 4.39 Å². The smallest absolute Gasteiger partial charge is 0.136 e. The minimum atomic E-state index is -1.13. The second-order valence-electron chi connectivity index (χ2n) is 5.95. The number of halogens is 1. The number of benzene rings is 1. The molecule has 0 spiro atoms. The molecule has 2 atom stereocenters. The Kier molecular flexibility index (Phi) is 5.93. The molecule has 1 aromatic heterocycles. The number of furan rings is 1. The fraction of sp³-hybridized carbons (Fsp3) is 0.444. The lowest BCUT2D eigenvalue weighted by Crippen LogP contribution is -2.37. The van der Waals surface area contributed by atoms with Crippen LogP contribution in [0.2, 0.25) is 0 Å². The van der Waals surface area contributed by atoms with Gasteiger partial charge >= 0.3 is 0 Å². The van der Waals surface area contributed by atoms with Gasteiger partial charge in [0.1, 0.15) is 22.9 Å². The van der Waals surface area contributed by atoms with Gasteiger partial charge in [-0.25, -0.2) is 4.39 Å². The Hall–Kier alpha value is -1.69. The minimum Gasteiger partial charge on any atom is -0.463 e. The fourth-order valence-electron chi connectivity index (χ4n) is 2.45. The molecular formula is C18H24FNO3. The maximum absolute atomic E-state index is 13.1.